The van der Waals surface area contributed by atoms with Crippen molar-refractivity contribution in [3.63, 3.8) is 0 Å². The van der Waals surface area contributed by atoms with Gasteiger partial charge < -0.3 is 0 Å². The van der Waals surface area contributed by atoms with Crippen LogP contribution < -0.4 is 0 Å². The van der Waals surface area contributed by atoms with Gasteiger partial charge in [0, 0.05) is 33.4 Å². The Morgan fingerprint density at radius 1 is 0.353 bits per heavy atom. The normalized spacial score (nSPS) is 9.65. The fraction of sp³-hybridized carbons (Fsp3) is 0.118. The highest BCUT2D eigenvalue weighted by Gasteiger charge is 2.06. The molecule has 0 spiro atoms. The maximum Gasteiger partial charge on any atom is 0.0447 e. The molecule has 34 heavy (non-hydrogen) atoms. The van der Waals surface area contributed by atoms with Gasteiger partial charge in [0.05, 0.1) is 0 Å². The van der Waals surface area contributed by atoms with Gasteiger partial charge in [-0.1, -0.05) is 88.6 Å². The second-order valence-corrected chi connectivity index (χ2v) is 8.51. The highest BCUT2D eigenvalue weighted by molar-refractivity contribution is 5.62. The highest BCUT2D eigenvalue weighted by Crippen LogP contribution is 2.18. The largest absolute Gasteiger partial charge is 0.0616 e. The summed E-state index contributed by atoms with van der Waals surface area (Å²) in [5.74, 6) is 20.0. The molecule has 0 saturated heterocycles. The van der Waals surface area contributed by atoms with Crippen LogP contribution in [0.25, 0.3) is 0 Å². The zero-order chi connectivity index (χ0) is 23.9. The quantitative estimate of drug-likeness (QED) is 0.259. The zero-order valence-corrected chi connectivity index (χ0v) is 20.1. The number of rotatable bonds is 0. The Morgan fingerprint density at radius 3 is 1.15 bits per heavy atom. The summed E-state index contributed by atoms with van der Waals surface area (Å²) < 4.78 is 0. The summed E-state index contributed by atoms with van der Waals surface area (Å²) in [6, 6.07) is 28.9. The minimum Gasteiger partial charge on any atom is -0.0616 e. The van der Waals surface area contributed by atoms with E-state index in [0.717, 1.165) is 38.9 Å². The lowest BCUT2D eigenvalue weighted by Crippen LogP contribution is -1.94. The van der Waals surface area contributed by atoms with E-state index in [-0.39, 0.29) is 0 Å². The first-order valence-electron chi connectivity index (χ1n) is 11.4. The third-order valence-corrected chi connectivity index (χ3v) is 5.63. The van der Waals surface area contributed by atoms with Crippen molar-refractivity contribution in [1.82, 2.24) is 0 Å². The van der Waals surface area contributed by atoms with Crippen LogP contribution in [0.1, 0.15) is 55.6 Å². The first kappa shape index (κ1) is 22.7. The zero-order valence-electron chi connectivity index (χ0n) is 20.1. The van der Waals surface area contributed by atoms with E-state index in [1.165, 1.54) is 16.7 Å². The molecule has 0 N–H and O–H groups in total. The van der Waals surface area contributed by atoms with Gasteiger partial charge in [0.1, 0.15) is 0 Å². The summed E-state index contributed by atoms with van der Waals surface area (Å²) in [4.78, 5) is 0. The lowest BCUT2D eigenvalue weighted by molar-refractivity contribution is 1.38. The van der Waals surface area contributed by atoms with E-state index >= 15 is 0 Å². The van der Waals surface area contributed by atoms with Crippen molar-refractivity contribution in [2.24, 2.45) is 0 Å². The van der Waals surface area contributed by atoms with Gasteiger partial charge in [-0.15, -0.1) is 0 Å². The molecule has 0 heterocycles. The Bertz CT molecular complexity index is 1500. The van der Waals surface area contributed by atoms with Gasteiger partial charge >= 0.3 is 0 Å². The van der Waals surface area contributed by atoms with E-state index in [2.05, 4.69) is 124 Å². The van der Waals surface area contributed by atoms with E-state index in [4.69, 9.17) is 0 Å². The Hall–Kier alpha value is -4.44. The van der Waals surface area contributed by atoms with Crippen LogP contribution in [-0.2, 0) is 0 Å². The lowest BCUT2D eigenvalue weighted by atomic mass is 9.96. The number of hydrogen-bond donors (Lipinski definition) is 0. The average molecular weight is 435 g/mol. The first-order valence-corrected chi connectivity index (χ1v) is 11.4. The van der Waals surface area contributed by atoms with E-state index in [1.807, 2.05) is 24.3 Å². The molecular formula is C34H26. The van der Waals surface area contributed by atoms with Crippen molar-refractivity contribution in [3.8, 4) is 35.5 Å². The van der Waals surface area contributed by atoms with E-state index in [0.29, 0.717) is 0 Å². The lowest BCUT2D eigenvalue weighted by Gasteiger charge is -2.05. The molecule has 0 aromatic heterocycles. The molecule has 4 aromatic rings. The second kappa shape index (κ2) is 10.5. The Balaban J connectivity index is 1.77. The predicted octanol–water partition coefficient (Wildman–Crippen LogP) is 7.12. The van der Waals surface area contributed by atoms with Gasteiger partial charge in [-0.05, 0) is 81.8 Å². The summed E-state index contributed by atoms with van der Waals surface area (Å²) in [7, 11) is 0. The topological polar surface area (TPSA) is 0 Å². The van der Waals surface area contributed by atoms with E-state index < -0.39 is 0 Å². The van der Waals surface area contributed by atoms with Crippen LogP contribution in [0.4, 0.5) is 0 Å². The van der Waals surface area contributed by atoms with Crippen LogP contribution in [0.2, 0.25) is 0 Å². The Morgan fingerprint density at radius 2 is 0.706 bits per heavy atom. The first-order chi connectivity index (χ1) is 16.5. The summed E-state index contributed by atoms with van der Waals surface area (Å²) in [5, 5.41) is 0. The molecule has 4 aromatic carbocycles. The summed E-state index contributed by atoms with van der Waals surface area (Å²) in [6.45, 7) is 8.32. The minimum absolute atomic E-state index is 0.915. The van der Waals surface area contributed by atoms with Gasteiger partial charge in [0.15, 0.2) is 0 Å². The molecule has 0 bridgehead atoms. The predicted molar refractivity (Wildman–Crippen MR) is 143 cm³/mol. The molecule has 0 saturated carbocycles. The fourth-order valence-corrected chi connectivity index (χ4v) is 3.44. The van der Waals surface area contributed by atoms with Gasteiger partial charge in [0.25, 0.3) is 0 Å². The van der Waals surface area contributed by atoms with Crippen molar-refractivity contribution in [2.75, 3.05) is 0 Å². The van der Waals surface area contributed by atoms with Crippen LogP contribution in [-0.4, -0.2) is 0 Å². The standard InChI is InChI=1S/C34H26/c1-25-5-11-29(12-6-25)17-20-32-22-23-33(21-18-30-13-7-26(2)8-14-30)34(28(32)4)24-19-31-15-9-27(3)10-16-31/h5-16,22-23H,1-4H3. The molecule has 0 heteroatoms. The molecule has 0 aliphatic rings. The summed E-state index contributed by atoms with van der Waals surface area (Å²) in [6.07, 6.45) is 0. The highest BCUT2D eigenvalue weighted by atomic mass is 14.1. The molecule has 0 aliphatic heterocycles. The molecule has 0 fully saturated rings. The van der Waals surface area contributed by atoms with E-state index in [1.54, 1.807) is 0 Å². The molecule has 4 rings (SSSR count). The van der Waals surface area contributed by atoms with Crippen molar-refractivity contribution >= 4 is 0 Å². The molecule has 0 nitrogen and oxygen atoms in total. The number of benzene rings is 4. The number of aryl methyl sites for hydroxylation is 3. The molecule has 0 unspecified atom stereocenters. The molecule has 0 amide bonds. The molecule has 0 atom stereocenters. The maximum absolute atomic E-state index is 3.39. The summed E-state index contributed by atoms with van der Waals surface area (Å²) >= 11 is 0. The SMILES string of the molecule is Cc1ccc(C#Cc2ccc(C#Cc3ccc(C)cc3)c(C#Cc3ccc(C)cc3)c2C)cc1. The average Bonchev–Trinajstić information content (AvgIpc) is 2.84. The number of hydrogen-bond acceptors (Lipinski definition) is 0. The van der Waals surface area contributed by atoms with E-state index in [9.17, 15) is 0 Å². The monoisotopic (exact) mass is 434 g/mol. The van der Waals surface area contributed by atoms with Gasteiger partial charge in [0.2, 0.25) is 0 Å². The third kappa shape index (κ3) is 5.87. The van der Waals surface area contributed by atoms with Crippen LogP contribution in [0.15, 0.2) is 84.9 Å². The van der Waals surface area contributed by atoms with Crippen molar-refractivity contribution in [3.05, 3.63) is 141 Å². The Labute approximate surface area is 203 Å². The molecule has 0 radical (unpaired) electrons. The molecule has 0 aliphatic carbocycles. The van der Waals surface area contributed by atoms with Crippen LogP contribution >= 0.6 is 0 Å². The minimum atomic E-state index is 0.915. The fourth-order valence-electron chi connectivity index (χ4n) is 3.44. The van der Waals surface area contributed by atoms with Crippen molar-refractivity contribution < 1.29 is 0 Å². The van der Waals surface area contributed by atoms with Crippen LogP contribution in [0.3, 0.4) is 0 Å². The smallest absolute Gasteiger partial charge is 0.0447 e. The second-order valence-electron chi connectivity index (χ2n) is 8.51. The van der Waals surface area contributed by atoms with Crippen molar-refractivity contribution in [1.29, 1.82) is 0 Å². The van der Waals surface area contributed by atoms with Gasteiger partial charge in [-0.2, -0.15) is 0 Å². The molecule has 162 valence electrons. The Kier molecular flexibility index (Phi) is 6.99. The van der Waals surface area contributed by atoms with Crippen molar-refractivity contribution in [2.45, 2.75) is 27.7 Å². The van der Waals surface area contributed by atoms with Crippen LogP contribution in [0, 0.1) is 63.2 Å². The van der Waals surface area contributed by atoms with Gasteiger partial charge in [-0.3, -0.25) is 0 Å². The van der Waals surface area contributed by atoms with Gasteiger partial charge in [-0.25, -0.2) is 0 Å². The molecular weight excluding hydrogens is 408 g/mol. The van der Waals surface area contributed by atoms with Crippen LogP contribution in [0.5, 0.6) is 0 Å². The third-order valence-electron chi connectivity index (χ3n) is 5.63. The maximum atomic E-state index is 3.39. The summed E-state index contributed by atoms with van der Waals surface area (Å²) in [5.41, 5.74) is 10.5.